The lowest BCUT2D eigenvalue weighted by Gasteiger charge is -2.20. The zero-order valence-corrected chi connectivity index (χ0v) is 47.6. The monoisotopic (exact) mass is 1180 g/mol. The number of nitrogens with zero attached hydrogens (tertiary/aromatic N) is 12. The van der Waals surface area contributed by atoms with Crippen molar-refractivity contribution in [3.05, 3.63) is 261 Å². The Morgan fingerprint density at radius 2 is 0.489 bits per heavy atom. The number of fused-ring (bicyclic) bond motifs is 6. The highest BCUT2D eigenvalue weighted by molar-refractivity contribution is 6.14. The van der Waals surface area contributed by atoms with Gasteiger partial charge in [0, 0.05) is 32.7 Å². The molecule has 0 saturated carbocycles. The Labute approximate surface area is 522 Å². The number of nitriles is 10. The van der Waals surface area contributed by atoms with Crippen LogP contribution in [-0.4, -0.2) is 9.13 Å². The van der Waals surface area contributed by atoms with Gasteiger partial charge in [0.25, 0.3) is 0 Å². The van der Waals surface area contributed by atoms with Crippen molar-refractivity contribution in [1.82, 2.24) is 9.13 Å². The Hall–Kier alpha value is -14.3. The maximum atomic E-state index is 14.3. The van der Waals surface area contributed by atoms with Crippen LogP contribution >= 0.6 is 0 Å². The second-order valence-electron chi connectivity index (χ2n) is 21.5. The van der Waals surface area contributed by atoms with E-state index in [0.717, 1.165) is 12.1 Å². The van der Waals surface area contributed by atoms with E-state index in [1.165, 1.54) is 30.3 Å². The molecule has 13 rings (SSSR count). The maximum Gasteiger partial charge on any atom is 0.416 e. The van der Waals surface area contributed by atoms with Crippen molar-refractivity contribution in [3.63, 3.8) is 0 Å². The molecule has 0 bridgehead atoms. The number of aromatic nitrogens is 2. The number of hydrogen-bond donors (Lipinski definition) is 0. The van der Waals surface area contributed by atoms with Crippen molar-refractivity contribution in [3.8, 4) is 139 Å². The minimum Gasteiger partial charge on any atom is -0.309 e. The first-order valence-electron chi connectivity index (χ1n) is 28.0. The molecular formula is C77H33F3N12. The molecule has 2 heterocycles. The predicted octanol–water partition coefficient (Wildman–Crippen LogP) is 17.6. The van der Waals surface area contributed by atoms with Crippen LogP contribution in [0, 0.1) is 113 Å². The van der Waals surface area contributed by atoms with Crippen molar-refractivity contribution < 1.29 is 13.2 Å². The van der Waals surface area contributed by atoms with Crippen LogP contribution < -0.4 is 0 Å². The Morgan fingerprint density at radius 1 is 0.239 bits per heavy atom. The fraction of sp³-hybridized carbons (Fsp3) is 0.0130. The smallest absolute Gasteiger partial charge is 0.309 e. The van der Waals surface area contributed by atoms with Crippen LogP contribution in [0.25, 0.3) is 122 Å². The molecule has 11 aromatic carbocycles. The van der Waals surface area contributed by atoms with Gasteiger partial charge in [0.2, 0.25) is 0 Å². The second-order valence-corrected chi connectivity index (χ2v) is 21.5. The average Bonchev–Trinajstić information content (AvgIpc) is 1.57. The maximum absolute atomic E-state index is 14.3. The average molecular weight is 1180 g/mol. The van der Waals surface area contributed by atoms with E-state index < -0.39 is 11.7 Å². The first kappa shape index (κ1) is 56.8. The molecule has 0 saturated heterocycles. The molecule has 0 aliphatic carbocycles. The molecular weight excluding hydrogens is 1150 g/mol. The van der Waals surface area contributed by atoms with Gasteiger partial charge in [-0.3, -0.25) is 0 Å². The SMILES string of the molecule is N#Cc1ccc(-c2ccc3c(c2)c2cc(-c4ccc(C#N)cc4C#N)ccc2n3-c2cc(C#N)ccc2-c2ccc(-c3ccc(C(F)(F)F)cc3C#N)cc2-n2c3ccc(-c4ccc(C#N)cc4C#N)cc3c3cc(-c4ccc(C#N)cc4C#N)ccc32)c(C#N)c1. The minimum absolute atomic E-state index is 0.200. The molecule has 92 heavy (non-hydrogen) atoms. The summed E-state index contributed by atoms with van der Waals surface area (Å²) in [6.45, 7) is 0. The molecule has 0 N–H and O–H groups in total. The van der Waals surface area contributed by atoms with E-state index in [-0.39, 0.29) is 50.1 Å². The van der Waals surface area contributed by atoms with Gasteiger partial charge in [-0.2, -0.15) is 65.8 Å². The van der Waals surface area contributed by atoms with E-state index in [4.69, 9.17) is 0 Å². The van der Waals surface area contributed by atoms with Crippen LogP contribution in [0.2, 0.25) is 0 Å². The van der Waals surface area contributed by atoms with Gasteiger partial charge in [-0.15, -0.1) is 0 Å². The molecule has 0 aliphatic rings. The summed E-state index contributed by atoms with van der Waals surface area (Å²) in [5, 5.41) is 105. The molecule has 0 amide bonds. The molecule has 0 spiro atoms. The van der Waals surface area contributed by atoms with Gasteiger partial charge in [0.05, 0.1) is 155 Å². The lowest BCUT2D eigenvalue weighted by Crippen LogP contribution is -2.05. The molecule has 13 aromatic rings. The van der Waals surface area contributed by atoms with E-state index in [1.54, 1.807) is 72.8 Å². The third-order valence-corrected chi connectivity index (χ3v) is 16.5. The zero-order chi connectivity index (χ0) is 64.1. The molecule has 2 aromatic heterocycles. The van der Waals surface area contributed by atoms with Gasteiger partial charge in [-0.1, -0.05) is 72.8 Å². The quantitative estimate of drug-likeness (QED) is 0.139. The van der Waals surface area contributed by atoms with Gasteiger partial charge >= 0.3 is 6.18 Å². The summed E-state index contributed by atoms with van der Waals surface area (Å²) < 4.78 is 47.0. The summed E-state index contributed by atoms with van der Waals surface area (Å²) in [4.78, 5) is 0. The molecule has 0 unspecified atom stereocenters. The van der Waals surface area contributed by atoms with Crippen molar-refractivity contribution in [1.29, 1.82) is 52.6 Å². The largest absolute Gasteiger partial charge is 0.416 e. The second kappa shape index (κ2) is 22.5. The van der Waals surface area contributed by atoms with Crippen molar-refractivity contribution in [2.75, 3.05) is 0 Å². The lowest BCUT2D eigenvalue weighted by atomic mass is 9.93. The minimum atomic E-state index is -4.76. The summed E-state index contributed by atoms with van der Waals surface area (Å²) >= 11 is 0. The number of halogens is 3. The zero-order valence-electron chi connectivity index (χ0n) is 47.6. The summed E-state index contributed by atoms with van der Waals surface area (Å²) in [6.07, 6.45) is -4.76. The van der Waals surface area contributed by atoms with E-state index in [2.05, 4.69) is 54.6 Å². The van der Waals surface area contributed by atoms with Gasteiger partial charge in [-0.05, 0) is 183 Å². The van der Waals surface area contributed by atoms with Crippen LogP contribution in [0.4, 0.5) is 13.2 Å². The summed E-state index contributed by atoms with van der Waals surface area (Å²) in [6, 6.07) is 77.2. The molecule has 15 heteroatoms. The van der Waals surface area contributed by atoms with E-state index in [0.29, 0.717) is 127 Å². The lowest BCUT2D eigenvalue weighted by molar-refractivity contribution is -0.137. The topological polar surface area (TPSA) is 248 Å². The van der Waals surface area contributed by atoms with Crippen LogP contribution in [0.1, 0.15) is 61.2 Å². The van der Waals surface area contributed by atoms with Gasteiger partial charge in [-0.25, -0.2) is 0 Å². The van der Waals surface area contributed by atoms with Crippen LogP contribution in [0.5, 0.6) is 0 Å². The van der Waals surface area contributed by atoms with E-state index in [1.807, 2.05) is 100 Å². The molecule has 422 valence electrons. The Morgan fingerprint density at radius 3 is 0.793 bits per heavy atom. The van der Waals surface area contributed by atoms with Crippen molar-refractivity contribution in [2.45, 2.75) is 6.18 Å². The molecule has 0 fully saturated rings. The number of benzene rings is 11. The first-order valence-corrected chi connectivity index (χ1v) is 28.0. The van der Waals surface area contributed by atoms with E-state index >= 15 is 0 Å². The third-order valence-electron chi connectivity index (χ3n) is 16.5. The predicted molar refractivity (Wildman–Crippen MR) is 340 cm³/mol. The van der Waals surface area contributed by atoms with Gasteiger partial charge in [0.15, 0.2) is 0 Å². The van der Waals surface area contributed by atoms with Crippen molar-refractivity contribution >= 4 is 43.6 Å². The standard InChI is InChI=1S/C77H33F3N12/c78-77(79,80)59-11-18-64(58(28-59)43-90)53-6-17-66(76(33-53)92-73-21-9-51(62-14-3-46(36-83)25-56(62)41-88)31-69(73)70-32-52(10-22-74(70)92)63-15-4-47(37-84)26-57(63)42-89)65-16-5-48(38-85)27-75(65)91-71-19-7-49(60-12-1-44(34-81)23-54(60)39-86)29-67(71)68-30-50(8-20-72(68)91)61-13-2-45(35-82)24-55(61)40-87/h1-33H. The molecule has 0 atom stereocenters. The third kappa shape index (κ3) is 9.52. The molecule has 12 nitrogen and oxygen atoms in total. The fourth-order valence-electron chi connectivity index (χ4n) is 12.3. The normalized spacial score (nSPS) is 10.9. The van der Waals surface area contributed by atoms with Crippen LogP contribution in [0.15, 0.2) is 200 Å². The van der Waals surface area contributed by atoms with E-state index in [9.17, 15) is 65.8 Å². The first-order chi connectivity index (χ1) is 44.7. The highest BCUT2D eigenvalue weighted by Crippen LogP contribution is 2.46. The number of rotatable bonds is 8. The number of alkyl halides is 3. The highest BCUT2D eigenvalue weighted by Gasteiger charge is 2.32. The number of hydrogen-bond acceptors (Lipinski definition) is 10. The van der Waals surface area contributed by atoms with Crippen molar-refractivity contribution in [2.24, 2.45) is 0 Å². The highest BCUT2D eigenvalue weighted by atomic mass is 19.4. The van der Waals surface area contributed by atoms with Crippen LogP contribution in [-0.2, 0) is 6.18 Å². The summed E-state index contributed by atoms with van der Waals surface area (Å²) in [5.41, 5.74) is 11.1. The summed E-state index contributed by atoms with van der Waals surface area (Å²) in [7, 11) is 0. The molecule has 0 radical (unpaired) electrons. The molecule has 0 aliphatic heterocycles. The summed E-state index contributed by atoms with van der Waals surface area (Å²) in [5.74, 6) is 0. The Balaban J connectivity index is 1.14. The Bertz CT molecular complexity index is 5640. The fourth-order valence-corrected chi connectivity index (χ4v) is 12.3. The van der Waals surface area contributed by atoms with Crippen LogP contribution in [0.3, 0.4) is 0 Å². The van der Waals surface area contributed by atoms with Gasteiger partial charge < -0.3 is 9.13 Å². The van der Waals surface area contributed by atoms with Gasteiger partial charge in [0.1, 0.15) is 0 Å². The Kier molecular flexibility index (Phi) is 13.9.